The van der Waals surface area contributed by atoms with Crippen LogP contribution >= 0.6 is 23.2 Å². The molecule has 0 aliphatic rings. The zero-order valence-corrected chi connectivity index (χ0v) is 26.8. The third-order valence-corrected chi connectivity index (χ3v) is 9.36. The number of nitrogens with one attached hydrogen (secondary N) is 1. The predicted octanol–water partition coefficient (Wildman–Crippen LogP) is 6.23. The zero-order valence-electron chi connectivity index (χ0n) is 24.4. The molecule has 2 amide bonds. The molecule has 0 fully saturated rings. The number of nitrogens with zero attached hydrogens (tertiary/aromatic N) is 2. The Bertz CT molecular complexity index is 1480. The first-order valence-electron chi connectivity index (χ1n) is 13.7. The molecule has 11 heteroatoms. The lowest BCUT2D eigenvalue weighted by Gasteiger charge is -2.32. The molecule has 3 rings (SSSR count). The van der Waals surface area contributed by atoms with Crippen LogP contribution in [0.5, 0.6) is 5.75 Å². The number of anilines is 1. The number of carbonyl (C=O) groups is 2. The second-order valence-electron chi connectivity index (χ2n) is 10.0. The summed E-state index contributed by atoms with van der Waals surface area (Å²) in [7, 11) is -4.19. The van der Waals surface area contributed by atoms with Crippen molar-refractivity contribution in [1.82, 2.24) is 10.2 Å². The van der Waals surface area contributed by atoms with Gasteiger partial charge in [-0.25, -0.2) is 8.42 Å². The number of carbonyl (C=O) groups excluding carboxylic acids is 2. The molecule has 0 aromatic heterocycles. The molecule has 0 radical (unpaired) electrons. The molecular formula is C31H37Cl2N3O5S. The molecule has 0 aliphatic carbocycles. The third kappa shape index (κ3) is 8.40. The molecule has 0 bridgehead atoms. The first-order valence-corrected chi connectivity index (χ1v) is 15.9. The van der Waals surface area contributed by atoms with E-state index < -0.39 is 28.5 Å². The molecule has 0 aliphatic heterocycles. The molecule has 0 saturated heterocycles. The number of amides is 2. The van der Waals surface area contributed by atoms with Gasteiger partial charge in [0.1, 0.15) is 18.3 Å². The third-order valence-electron chi connectivity index (χ3n) is 6.83. The molecule has 1 N–H and O–H groups in total. The van der Waals surface area contributed by atoms with Crippen LogP contribution < -0.4 is 14.4 Å². The van der Waals surface area contributed by atoms with E-state index in [-0.39, 0.29) is 23.4 Å². The first-order chi connectivity index (χ1) is 19.9. The average molecular weight is 635 g/mol. The normalized spacial score (nSPS) is 12.7. The van der Waals surface area contributed by atoms with Crippen molar-refractivity contribution in [3.05, 3.63) is 87.9 Å². The van der Waals surface area contributed by atoms with Gasteiger partial charge in [0.05, 0.1) is 27.2 Å². The van der Waals surface area contributed by atoms with Crippen molar-refractivity contribution in [2.24, 2.45) is 0 Å². The Balaban J connectivity index is 2.03. The number of rotatable bonds is 13. The molecule has 8 nitrogen and oxygen atoms in total. The minimum atomic E-state index is -4.19. The molecule has 0 saturated carbocycles. The van der Waals surface area contributed by atoms with Gasteiger partial charge in [0.15, 0.2) is 0 Å². The molecule has 0 spiro atoms. The number of sulfonamides is 1. The van der Waals surface area contributed by atoms with Gasteiger partial charge in [0.2, 0.25) is 11.8 Å². The largest absolute Gasteiger partial charge is 0.494 e. The van der Waals surface area contributed by atoms with Crippen LogP contribution in [0.4, 0.5) is 5.69 Å². The van der Waals surface area contributed by atoms with Gasteiger partial charge in [0, 0.05) is 12.6 Å². The van der Waals surface area contributed by atoms with Gasteiger partial charge in [-0.05, 0) is 88.2 Å². The second kappa shape index (κ2) is 14.8. The van der Waals surface area contributed by atoms with Crippen LogP contribution in [0, 0.1) is 6.92 Å². The number of hydrogen-bond acceptors (Lipinski definition) is 5. The Morgan fingerprint density at radius 1 is 0.929 bits per heavy atom. The monoisotopic (exact) mass is 633 g/mol. The number of halogens is 2. The Hall–Kier alpha value is -3.27. The molecule has 2 unspecified atom stereocenters. The summed E-state index contributed by atoms with van der Waals surface area (Å²) in [5, 5.41) is 3.57. The van der Waals surface area contributed by atoms with Crippen molar-refractivity contribution in [2.45, 2.75) is 64.6 Å². The van der Waals surface area contributed by atoms with Crippen LogP contribution in [0.3, 0.4) is 0 Å². The van der Waals surface area contributed by atoms with Crippen molar-refractivity contribution < 1.29 is 22.7 Å². The highest BCUT2D eigenvalue weighted by Crippen LogP contribution is 2.27. The van der Waals surface area contributed by atoms with E-state index in [4.69, 9.17) is 27.9 Å². The molecule has 0 heterocycles. The number of benzene rings is 3. The van der Waals surface area contributed by atoms with Crippen LogP contribution in [0.25, 0.3) is 0 Å². The van der Waals surface area contributed by atoms with E-state index in [1.165, 1.54) is 17.0 Å². The van der Waals surface area contributed by atoms with E-state index in [9.17, 15) is 18.0 Å². The Morgan fingerprint density at radius 3 is 2.14 bits per heavy atom. The van der Waals surface area contributed by atoms with Gasteiger partial charge in [-0.2, -0.15) is 0 Å². The Morgan fingerprint density at radius 2 is 1.57 bits per heavy atom. The van der Waals surface area contributed by atoms with E-state index in [0.29, 0.717) is 40.1 Å². The van der Waals surface area contributed by atoms with Crippen LogP contribution in [0.2, 0.25) is 10.0 Å². The molecule has 226 valence electrons. The second-order valence-corrected chi connectivity index (χ2v) is 12.7. The number of aryl methyl sites for hydroxylation is 1. The quantitative estimate of drug-likeness (QED) is 0.241. The summed E-state index contributed by atoms with van der Waals surface area (Å²) >= 11 is 12.3. The van der Waals surface area contributed by atoms with Crippen molar-refractivity contribution in [1.29, 1.82) is 0 Å². The van der Waals surface area contributed by atoms with E-state index in [1.807, 2.05) is 27.7 Å². The van der Waals surface area contributed by atoms with E-state index in [0.717, 1.165) is 9.87 Å². The fourth-order valence-corrected chi connectivity index (χ4v) is 5.86. The maximum absolute atomic E-state index is 14.0. The van der Waals surface area contributed by atoms with Gasteiger partial charge in [-0.15, -0.1) is 0 Å². The van der Waals surface area contributed by atoms with Gasteiger partial charge in [-0.1, -0.05) is 53.9 Å². The summed E-state index contributed by atoms with van der Waals surface area (Å²) in [5.41, 5.74) is 1.88. The van der Waals surface area contributed by atoms with Crippen molar-refractivity contribution in [2.75, 3.05) is 17.5 Å². The lowest BCUT2D eigenvalue weighted by molar-refractivity contribution is -0.139. The Labute approximate surface area is 258 Å². The SMILES string of the molecule is CCOc1ccc(S(=O)(=O)N(CC(=O)N(Cc2ccc(Cl)c(Cl)c2)C(C)C(=O)NC(C)CC)c2ccc(C)cc2)cc1. The molecule has 3 aromatic rings. The van der Waals surface area contributed by atoms with E-state index in [1.54, 1.807) is 61.5 Å². The van der Waals surface area contributed by atoms with Gasteiger partial charge in [0.25, 0.3) is 10.0 Å². The van der Waals surface area contributed by atoms with Gasteiger partial charge < -0.3 is 15.0 Å². The maximum atomic E-state index is 14.0. The standard InChI is InChI=1S/C31H37Cl2N3O5S/c1-6-22(4)34-31(38)23(5)35(19-24-10-17-28(32)29(33)18-24)30(37)20-36(25-11-8-21(3)9-12-25)42(39,40)27-15-13-26(14-16-27)41-7-2/h8-18,22-23H,6-7,19-20H2,1-5H3,(H,34,38). The van der Waals surface area contributed by atoms with Crippen molar-refractivity contribution >= 4 is 50.7 Å². The summed E-state index contributed by atoms with van der Waals surface area (Å²) < 4.78 is 34.5. The number of hydrogen-bond donors (Lipinski definition) is 1. The van der Waals surface area contributed by atoms with Gasteiger partial charge >= 0.3 is 0 Å². The molecule has 42 heavy (non-hydrogen) atoms. The summed E-state index contributed by atoms with van der Waals surface area (Å²) in [6, 6.07) is 16.8. The lowest BCUT2D eigenvalue weighted by Crippen LogP contribution is -2.52. The topological polar surface area (TPSA) is 96.0 Å². The highest BCUT2D eigenvalue weighted by molar-refractivity contribution is 7.92. The Kier molecular flexibility index (Phi) is 11.7. The van der Waals surface area contributed by atoms with Crippen LogP contribution in [0.15, 0.2) is 71.6 Å². The van der Waals surface area contributed by atoms with Crippen LogP contribution in [-0.4, -0.2) is 50.4 Å². The minimum absolute atomic E-state index is 0.00192. The summed E-state index contributed by atoms with van der Waals surface area (Å²) in [4.78, 5) is 28.6. The van der Waals surface area contributed by atoms with Crippen molar-refractivity contribution in [3.8, 4) is 5.75 Å². The number of ether oxygens (including phenoxy) is 1. The van der Waals surface area contributed by atoms with Crippen LogP contribution in [0.1, 0.15) is 45.2 Å². The fraction of sp³-hybridized carbons (Fsp3) is 0.355. The van der Waals surface area contributed by atoms with Gasteiger partial charge in [-0.3, -0.25) is 13.9 Å². The average Bonchev–Trinajstić information content (AvgIpc) is 2.96. The molecule has 2 atom stereocenters. The van der Waals surface area contributed by atoms with Crippen LogP contribution in [-0.2, 0) is 26.2 Å². The zero-order chi connectivity index (χ0) is 31.0. The smallest absolute Gasteiger partial charge is 0.264 e. The highest BCUT2D eigenvalue weighted by Gasteiger charge is 2.33. The minimum Gasteiger partial charge on any atom is -0.494 e. The maximum Gasteiger partial charge on any atom is 0.264 e. The molecular weight excluding hydrogens is 597 g/mol. The van der Waals surface area contributed by atoms with Crippen molar-refractivity contribution in [3.63, 3.8) is 0 Å². The highest BCUT2D eigenvalue weighted by atomic mass is 35.5. The summed E-state index contributed by atoms with van der Waals surface area (Å²) in [5.74, 6) is -0.389. The first kappa shape index (κ1) is 33.2. The summed E-state index contributed by atoms with van der Waals surface area (Å²) in [6.45, 7) is 9.06. The van der Waals surface area contributed by atoms with E-state index >= 15 is 0 Å². The summed E-state index contributed by atoms with van der Waals surface area (Å²) in [6.07, 6.45) is 0.709. The predicted molar refractivity (Wildman–Crippen MR) is 168 cm³/mol. The fourth-order valence-electron chi connectivity index (χ4n) is 4.12. The molecule has 3 aromatic carbocycles. The van der Waals surface area contributed by atoms with E-state index in [2.05, 4.69) is 5.32 Å². The lowest BCUT2D eigenvalue weighted by atomic mass is 10.1.